The minimum atomic E-state index is 0.109. The summed E-state index contributed by atoms with van der Waals surface area (Å²) in [5.41, 5.74) is 2.72. The number of hydrogen-bond acceptors (Lipinski definition) is 1. The van der Waals surface area contributed by atoms with Gasteiger partial charge in [-0.25, -0.2) is 0 Å². The van der Waals surface area contributed by atoms with E-state index in [0.717, 1.165) is 32.4 Å². The molecule has 0 heterocycles. The Bertz CT molecular complexity index is 346. The molecule has 108 valence electrons. The van der Waals surface area contributed by atoms with Gasteiger partial charge in [-0.2, -0.15) is 0 Å². The Morgan fingerprint density at radius 3 is 2.37 bits per heavy atom. The number of nitrogens with zero attached hydrogens (tertiary/aromatic N) is 1. The van der Waals surface area contributed by atoms with Crippen LogP contribution in [0, 0.1) is 0 Å². The van der Waals surface area contributed by atoms with Crippen LogP contribution in [0.5, 0.6) is 0 Å². The monoisotopic (exact) mass is 263 g/mol. The zero-order chi connectivity index (χ0) is 14.7. The van der Waals surface area contributed by atoms with Crippen molar-refractivity contribution in [1.29, 1.82) is 0 Å². The van der Waals surface area contributed by atoms with Gasteiger partial charge in [0.15, 0.2) is 0 Å². The molecule has 0 radical (unpaired) electrons. The molecule has 0 aromatic rings. The van der Waals surface area contributed by atoms with Crippen molar-refractivity contribution in [1.82, 2.24) is 4.90 Å². The zero-order valence-corrected chi connectivity index (χ0v) is 13.2. The molecule has 0 aliphatic carbocycles. The lowest BCUT2D eigenvalue weighted by Crippen LogP contribution is -2.30. The minimum absolute atomic E-state index is 0.109. The predicted molar refractivity (Wildman–Crippen MR) is 84.1 cm³/mol. The molecule has 0 N–H and O–H groups in total. The Kier molecular flexibility index (Phi) is 9.87. The third-order valence-electron chi connectivity index (χ3n) is 2.87. The highest BCUT2D eigenvalue weighted by Crippen LogP contribution is 2.07. The summed E-state index contributed by atoms with van der Waals surface area (Å²) in [5, 5.41) is 0. The normalized spacial score (nSPS) is 11.7. The smallest absolute Gasteiger partial charge is 0.246 e. The lowest BCUT2D eigenvalue weighted by molar-refractivity contribution is -0.125. The van der Waals surface area contributed by atoms with Crippen LogP contribution in [-0.2, 0) is 4.79 Å². The van der Waals surface area contributed by atoms with Crippen molar-refractivity contribution in [2.45, 2.75) is 53.9 Å². The minimum Gasteiger partial charge on any atom is -0.335 e. The highest BCUT2D eigenvalue weighted by molar-refractivity contribution is 5.87. The molecule has 1 amide bonds. The average molecular weight is 263 g/mol. The second-order valence-electron chi connectivity index (χ2n) is 5.15. The van der Waals surface area contributed by atoms with Gasteiger partial charge in [0.1, 0.15) is 0 Å². The van der Waals surface area contributed by atoms with Gasteiger partial charge in [0.05, 0.1) is 0 Å². The molecule has 0 unspecified atom stereocenters. The third kappa shape index (κ3) is 9.29. The van der Waals surface area contributed by atoms with Crippen molar-refractivity contribution in [3.63, 3.8) is 0 Å². The number of hydrogen-bond donors (Lipinski definition) is 0. The van der Waals surface area contributed by atoms with Crippen molar-refractivity contribution in [2.24, 2.45) is 0 Å². The number of carbonyl (C=O) groups excluding carboxylic acids is 1. The van der Waals surface area contributed by atoms with Crippen LogP contribution >= 0.6 is 0 Å². The lowest BCUT2D eigenvalue weighted by atomic mass is 10.1. The molecule has 0 bridgehead atoms. The Hall–Kier alpha value is -1.31. The molecule has 2 heteroatoms. The van der Waals surface area contributed by atoms with Crippen LogP contribution in [0.1, 0.15) is 53.9 Å². The maximum Gasteiger partial charge on any atom is 0.246 e. The van der Waals surface area contributed by atoms with Crippen molar-refractivity contribution < 1.29 is 4.79 Å². The van der Waals surface area contributed by atoms with Crippen LogP contribution in [0.25, 0.3) is 0 Å². The van der Waals surface area contributed by atoms with E-state index >= 15 is 0 Å². The van der Waals surface area contributed by atoms with Crippen molar-refractivity contribution in [3.05, 3.63) is 35.5 Å². The maximum absolute atomic E-state index is 11.8. The quantitative estimate of drug-likeness (QED) is 0.466. The zero-order valence-electron chi connectivity index (χ0n) is 13.2. The van der Waals surface area contributed by atoms with Gasteiger partial charge in [-0.05, 0) is 53.0 Å². The van der Waals surface area contributed by atoms with Crippen LogP contribution in [0.3, 0.4) is 0 Å². The summed E-state index contributed by atoms with van der Waals surface area (Å²) in [6.45, 7) is 11.9. The van der Waals surface area contributed by atoms with Gasteiger partial charge in [0, 0.05) is 13.1 Å². The second kappa shape index (κ2) is 10.6. The first-order chi connectivity index (χ1) is 9.01. The lowest BCUT2D eigenvalue weighted by Gasteiger charge is -2.19. The van der Waals surface area contributed by atoms with Gasteiger partial charge in [-0.3, -0.25) is 4.79 Å². The van der Waals surface area contributed by atoms with E-state index in [1.165, 1.54) is 11.1 Å². The van der Waals surface area contributed by atoms with Crippen LogP contribution in [0.2, 0.25) is 0 Å². The number of amides is 1. The summed E-state index contributed by atoms with van der Waals surface area (Å²) in [6, 6.07) is 0. The molecule has 19 heavy (non-hydrogen) atoms. The Morgan fingerprint density at radius 1 is 1.16 bits per heavy atom. The summed E-state index contributed by atoms with van der Waals surface area (Å²) in [5.74, 6) is 0.109. The van der Waals surface area contributed by atoms with Gasteiger partial charge in [-0.15, -0.1) is 0 Å². The molecule has 0 fully saturated rings. The first-order valence-corrected chi connectivity index (χ1v) is 7.21. The first-order valence-electron chi connectivity index (χ1n) is 7.21. The van der Waals surface area contributed by atoms with Crippen LogP contribution < -0.4 is 0 Å². The second-order valence-corrected chi connectivity index (χ2v) is 5.15. The van der Waals surface area contributed by atoms with Gasteiger partial charge in [0.25, 0.3) is 0 Å². The summed E-state index contributed by atoms with van der Waals surface area (Å²) in [4.78, 5) is 13.7. The van der Waals surface area contributed by atoms with Gasteiger partial charge in [-0.1, -0.05) is 36.3 Å². The first kappa shape index (κ1) is 17.7. The number of carbonyl (C=O) groups is 1. The average Bonchev–Trinajstić information content (AvgIpc) is 2.34. The molecule has 0 spiro atoms. The molecule has 2 nitrogen and oxygen atoms in total. The molecule has 0 aliphatic heterocycles. The summed E-state index contributed by atoms with van der Waals surface area (Å²) in [6.07, 6.45) is 11.0. The highest BCUT2D eigenvalue weighted by Gasteiger charge is 2.07. The Balaban J connectivity index is 4.35. The van der Waals surface area contributed by atoms with E-state index in [9.17, 15) is 4.79 Å². The van der Waals surface area contributed by atoms with E-state index in [2.05, 4.69) is 39.8 Å². The highest BCUT2D eigenvalue weighted by atomic mass is 16.2. The Labute approximate surface area is 118 Å². The summed E-state index contributed by atoms with van der Waals surface area (Å²) in [7, 11) is 0. The molecule has 0 aromatic carbocycles. The standard InChI is InChI=1S/C17H29NO/c1-6-9-17(19)18(13-7-2)14-12-16(5)11-8-10-15(3)4/h6,9-10,12H,7-8,11,13-14H2,1-5H3. The van der Waals surface area contributed by atoms with Crippen LogP contribution in [0.15, 0.2) is 35.5 Å². The maximum atomic E-state index is 11.8. The van der Waals surface area contributed by atoms with Crippen molar-refractivity contribution in [3.8, 4) is 0 Å². The summed E-state index contributed by atoms with van der Waals surface area (Å²) < 4.78 is 0. The molecule has 0 aromatic heterocycles. The van der Waals surface area contributed by atoms with Gasteiger partial charge < -0.3 is 4.90 Å². The van der Waals surface area contributed by atoms with Crippen molar-refractivity contribution >= 4 is 5.91 Å². The number of rotatable bonds is 8. The van der Waals surface area contributed by atoms with Gasteiger partial charge >= 0.3 is 0 Å². The molecular weight excluding hydrogens is 234 g/mol. The molecule has 0 saturated carbocycles. The van der Waals surface area contributed by atoms with Crippen LogP contribution in [0.4, 0.5) is 0 Å². The molecule has 0 atom stereocenters. The Morgan fingerprint density at radius 2 is 1.84 bits per heavy atom. The van der Waals surface area contributed by atoms with E-state index in [-0.39, 0.29) is 5.91 Å². The molecule has 0 saturated heterocycles. The van der Waals surface area contributed by atoms with E-state index in [1.807, 2.05) is 11.8 Å². The SMILES string of the molecule is CC=CC(=O)N(CC=C(C)CCC=C(C)C)CCC. The van der Waals surface area contributed by atoms with Crippen LogP contribution in [-0.4, -0.2) is 23.9 Å². The third-order valence-corrected chi connectivity index (χ3v) is 2.87. The summed E-state index contributed by atoms with van der Waals surface area (Å²) >= 11 is 0. The largest absolute Gasteiger partial charge is 0.335 e. The van der Waals surface area contributed by atoms with E-state index in [1.54, 1.807) is 12.2 Å². The van der Waals surface area contributed by atoms with Crippen molar-refractivity contribution in [2.75, 3.05) is 13.1 Å². The van der Waals surface area contributed by atoms with E-state index in [4.69, 9.17) is 0 Å². The fourth-order valence-corrected chi connectivity index (χ4v) is 1.77. The molecule has 0 aliphatic rings. The van der Waals surface area contributed by atoms with Gasteiger partial charge in [0.2, 0.25) is 5.91 Å². The molecule has 0 rings (SSSR count). The fourth-order valence-electron chi connectivity index (χ4n) is 1.77. The van der Waals surface area contributed by atoms with E-state index in [0.29, 0.717) is 0 Å². The number of allylic oxidation sites excluding steroid dienone is 4. The predicted octanol–water partition coefficient (Wildman–Crippen LogP) is 4.49. The van der Waals surface area contributed by atoms with E-state index < -0.39 is 0 Å². The fraction of sp³-hybridized carbons (Fsp3) is 0.588. The molecular formula is C17H29NO. The topological polar surface area (TPSA) is 20.3 Å².